The van der Waals surface area contributed by atoms with Crippen molar-refractivity contribution >= 4 is 17.2 Å². The normalized spacial score (nSPS) is 9.00. The van der Waals surface area contributed by atoms with E-state index in [1.807, 2.05) is 0 Å². The Morgan fingerprint density at radius 3 is 2.12 bits per heavy atom. The summed E-state index contributed by atoms with van der Waals surface area (Å²) >= 11 is 4.66. The topological polar surface area (TPSA) is 0 Å². The molecule has 0 heterocycles. The smallest absolute Gasteiger partial charge is 0.0145 e. The summed E-state index contributed by atoms with van der Waals surface area (Å²) < 4.78 is 0. The van der Waals surface area contributed by atoms with Gasteiger partial charge in [-0.3, -0.25) is 0 Å². The van der Waals surface area contributed by atoms with Crippen LogP contribution in [-0.4, -0.2) is 5.02 Å². The average Bonchev–Trinajstić information content (AvgIpc) is 1.69. The first-order chi connectivity index (χ1) is 3.72. The molecule has 0 aromatic rings. The summed E-state index contributed by atoms with van der Waals surface area (Å²) in [7, 11) is 0. The zero-order valence-electron chi connectivity index (χ0n) is 5.69. The fourth-order valence-electron chi connectivity index (χ4n) is 0.598. The molecule has 0 saturated carbocycles. The van der Waals surface area contributed by atoms with Crippen LogP contribution in [0.2, 0.25) is 0 Å². The minimum atomic E-state index is 0.581. The van der Waals surface area contributed by atoms with Gasteiger partial charge in [0, 0.05) is 0 Å². The SMILES string of the molecule is CCC(=C=S)C(C)C. The zero-order chi connectivity index (χ0) is 6.57. The molecule has 0 saturated heterocycles. The fourth-order valence-corrected chi connectivity index (χ4v) is 0.978. The van der Waals surface area contributed by atoms with Crippen LogP contribution in [0.15, 0.2) is 5.57 Å². The lowest BCUT2D eigenvalue weighted by Gasteiger charge is -2.01. The highest BCUT2D eigenvalue weighted by molar-refractivity contribution is 7.78. The highest BCUT2D eigenvalue weighted by atomic mass is 32.1. The third kappa shape index (κ3) is 2.25. The van der Waals surface area contributed by atoms with E-state index in [-0.39, 0.29) is 0 Å². The molecule has 1 heteroatoms. The van der Waals surface area contributed by atoms with E-state index in [1.165, 1.54) is 5.57 Å². The van der Waals surface area contributed by atoms with Crippen LogP contribution in [0, 0.1) is 5.92 Å². The van der Waals surface area contributed by atoms with Crippen molar-refractivity contribution in [1.29, 1.82) is 0 Å². The minimum absolute atomic E-state index is 0.581. The Morgan fingerprint density at radius 1 is 1.62 bits per heavy atom. The highest BCUT2D eigenvalue weighted by Gasteiger charge is 1.96. The Balaban J connectivity index is 3.92. The molecule has 0 N–H and O–H groups in total. The van der Waals surface area contributed by atoms with Gasteiger partial charge in [-0.25, -0.2) is 0 Å². The van der Waals surface area contributed by atoms with E-state index >= 15 is 0 Å². The second kappa shape index (κ2) is 3.82. The van der Waals surface area contributed by atoms with Crippen LogP contribution < -0.4 is 0 Å². The Bertz CT molecular complexity index is 108. The fraction of sp³-hybridized carbons (Fsp3) is 0.714. The molecule has 0 fully saturated rings. The summed E-state index contributed by atoms with van der Waals surface area (Å²) in [6.07, 6.45) is 1.04. The largest absolute Gasteiger partial charge is 0.0610 e. The van der Waals surface area contributed by atoms with Crippen molar-refractivity contribution < 1.29 is 0 Å². The Kier molecular flexibility index (Phi) is 3.76. The Morgan fingerprint density at radius 2 is 2.12 bits per heavy atom. The number of hydrogen-bond acceptors (Lipinski definition) is 1. The summed E-state index contributed by atoms with van der Waals surface area (Å²) in [6, 6.07) is 0. The quantitative estimate of drug-likeness (QED) is 0.515. The number of hydrogen-bond donors (Lipinski definition) is 0. The standard InChI is InChI=1S/C7H12S/c1-4-7(5-8)6(2)3/h6H,4H2,1-3H3. The summed E-state index contributed by atoms with van der Waals surface area (Å²) in [6.45, 7) is 6.38. The predicted molar refractivity (Wildman–Crippen MR) is 41.2 cm³/mol. The monoisotopic (exact) mass is 128 g/mol. The van der Waals surface area contributed by atoms with Crippen molar-refractivity contribution in [1.82, 2.24) is 0 Å². The minimum Gasteiger partial charge on any atom is -0.0610 e. The third-order valence-corrected chi connectivity index (χ3v) is 1.47. The second-order valence-electron chi connectivity index (χ2n) is 2.14. The third-order valence-electron chi connectivity index (χ3n) is 1.21. The van der Waals surface area contributed by atoms with Crippen LogP contribution in [-0.2, 0) is 0 Å². The molecule has 0 rings (SSSR count). The van der Waals surface area contributed by atoms with Gasteiger partial charge in [-0.05, 0) is 35.2 Å². The molecule has 0 radical (unpaired) electrons. The summed E-state index contributed by atoms with van der Waals surface area (Å²) in [5.74, 6) is 0.581. The van der Waals surface area contributed by atoms with Gasteiger partial charge in [0.15, 0.2) is 0 Å². The molecule has 0 atom stereocenters. The first kappa shape index (κ1) is 7.87. The van der Waals surface area contributed by atoms with Gasteiger partial charge < -0.3 is 0 Å². The molecule has 0 aliphatic rings. The van der Waals surface area contributed by atoms with Crippen LogP contribution in [0.3, 0.4) is 0 Å². The van der Waals surface area contributed by atoms with Crippen LogP contribution in [0.25, 0.3) is 0 Å². The lowest BCUT2D eigenvalue weighted by molar-refractivity contribution is 0.745. The first-order valence-corrected chi connectivity index (χ1v) is 3.37. The molecular formula is C7H12S. The molecule has 46 valence electrons. The lowest BCUT2D eigenvalue weighted by Crippen LogP contribution is -1.91. The van der Waals surface area contributed by atoms with Gasteiger partial charge in [-0.2, -0.15) is 0 Å². The molecule has 0 aromatic heterocycles. The highest BCUT2D eigenvalue weighted by Crippen LogP contribution is 2.08. The molecule has 0 amide bonds. The van der Waals surface area contributed by atoms with Gasteiger partial charge in [0.2, 0.25) is 0 Å². The Labute approximate surface area is 56.6 Å². The first-order valence-electron chi connectivity index (χ1n) is 2.96. The molecule has 0 bridgehead atoms. The van der Waals surface area contributed by atoms with E-state index < -0.39 is 0 Å². The molecule has 0 aliphatic carbocycles. The van der Waals surface area contributed by atoms with Crippen LogP contribution >= 0.6 is 12.2 Å². The molecule has 8 heavy (non-hydrogen) atoms. The molecule has 0 unspecified atom stereocenters. The van der Waals surface area contributed by atoms with Gasteiger partial charge in [-0.1, -0.05) is 20.8 Å². The summed E-state index contributed by atoms with van der Waals surface area (Å²) in [5, 5.41) is 2.75. The second-order valence-corrected chi connectivity index (χ2v) is 2.34. The van der Waals surface area contributed by atoms with Crippen molar-refractivity contribution in [3.8, 4) is 0 Å². The number of thiocarbonyl (C=S) groups is 1. The molecule has 0 nitrogen and oxygen atoms in total. The number of allylic oxidation sites excluding steroid dienone is 1. The summed E-state index contributed by atoms with van der Waals surface area (Å²) in [4.78, 5) is 0. The predicted octanol–water partition coefficient (Wildman–Crippen LogP) is 2.58. The van der Waals surface area contributed by atoms with Gasteiger partial charge in [0.25, 0.3) is 0 Å². The summed E-state index contributed by atoms with van der Waals surface area (Å²) in [5.41, 5.74) is 1.25. The van der Waals surface area contributed by atoms with Gasteiger partial charge >= 0.3 is 0 Å². The number of rotatable bonds is 2. The molecular weight excluding hydrogens is 116 g/mol. The van der Waals surface area contributed by atoms with E-state index in [9.17, 15) is 0 Å². The lowest BCUT2D eigenvalue weighted by atomic mass is 10.0. The van der Waals surface area contributed by atoms with E-state index in [0.29, 0.717) is 5.92 Å². The van der Waals surface area contributed by atoms with Crippen molar-refractivity contribution in [3.63, 3.8) is 0 Å². The van der Waals surface area contributed by atoms with Crippen LogP contribution in [0.4, 0.5) is 0 Å². The van der Waals surface area contributed by atoms with Crippen molar-refractivity contribution in [3.05, 3.63) is 5.57 Å². The van der Waals surface area contributed by atoms with Gasteiger partial charge in [-0.15, -0.1) is 0 Å². The van der Waals surface area contributed by atoms with E-state index in [1.54, 1.807) is 0 Å². The van der Waals surface area contributed by atoms with Crippen molar-refractivity contribution in [2.75, 3.05) is 0 Å². The molecule has 0 aliphatic heterocycles. The van der Waals surface area contributed by atoms with E-state index in [2.05, 4.69) is 38.0 Å². The Hall–Kier alpha value is -0.130. The van der Waals surface area contributed by atoms with Gasteiger partial charge in [0.05, 0.1) is 0 Å². The maximum absolute atomic E-state index is 4.66. The van der Waals surface area contributed by atoms with Crippen molar-refractivity contribution in [2.45, 2.75) is 27.2 Å². The zero-order valence-corrected chi connectivity index (χ0v) is 6.51. The average molecular weight is 128 g/mol. The maximum Gasteiger partial charge on any atom is -0.0145 e. The van der Waals surface area contributed by atoms with Gasteiger partial charge in [0.1, 0.15) is 0 Å². The molecule has 0 spiro atoms. The van der Waals surface area contributed by atoms with E-state index in [4.69, 9.17) is 0 Å². The maximum atomic E-state index is 4.66. The van der Waals surface area contributed by atoms with Crippen LogP contribution in [0.1, 0.15) is 27.2 Å². The van der Waals surface area contributed by atoms with E-state index in [0.717, 1.165) is 6.42 Å². The molecule has 0 aromatic carbocycles. The van der Waals surface area contributed by atoms with Crippen LogP contribution in [0.5, 0.6) is 0 Å². The van der Waals surface area contributed by atoms with Crippen molar-refractivity contribution in [2.24, 2.45) is 5.92 Å².